The number of rotatable bonds is 7. The molecule has 34 heavy (non-hydrogen) atoms. The predicted octanol–water partition coefficient (Wildman–Crippen LogP) is 4.78. The van der Waals surface area contributed by atoms with Gasteiger partial charge in [0.25, 0.3) is 0 Å². The van der Waals surface area contributed by atoms with Gasteiger partial charge >= 0.3 is 0 Å². The summed E-state index contributed by atoms with van der Waals surface area (Å²) in [7, 11) is 3.43. The van der Waals surface area contributed by atoms with Crippen LogP contribution in [0.25, 0.3) is 11.3 Å². The van der Waals surface area contributed by atoms with E-state index in [4.69, 9.17) is 23.9 Å². The van der Waals surface area contributed by atoms with Gasteiger partial charge in [-0.25, -0.2) is 0 Å². The molecule has 1 fully saturated rings. The van der Waals surface area contributed by atoms with Crippen molar-refractivity contribution in [3.05, 3.63) is 71.2 Å². The molecule has 178 valence electrons. The van der Waals surface area contributed by atoms with Crippen LogP contribution in [0.3, 0.4) is 0 Å². The van der Waals surface area contributed by atoms with Gasteiger partial charge in [0.2, 0.25) is 0 Å². The van der Waals surface area contributed by atoms with Crippen LogP contribution in [0.1, 0.15) is 30.4 Å². The van der Waals surface area contributed by atoms with Crippen molar-refractivity contribution in [2.45, 2.75) is 44.9 Å². The fraction of sp³-hybridized carbons (Fsp3) is 0.393. The maximum atomic E-state index is 6.26. The number of ether oxygens (including phenoxy) is 4. The van der Waals surface area contributed by atoms with E-state index < -0.39 is 0 Å². The second kappa shape index (κ2) is 10.3. The highest BCUT2D eigenvalue weighted by Gasteiger charge is 2.25. The Bertz CT molecular complexity index is 1200. The summed E-state index contributed by atoms with van der Waals surface area (Å²) in [5, 5.41) is 0. The van der Waals surface area contributed by atoms with E-state index in [0.29, 0.717) is 13.2 Å². The summed E-state index contributed by atoms with van der Waals surface area (Å²) in [5.41, 5.74) is 5.27. The molecule has 0 aliphatic carbocycles. The summed E-state index contributed by atoms with van der Waals surface area (Å²) >= 11 is 0. The second-order valence-corrected chi connectivity index (χ2v) is 8.76. The summed E-state index contributed by atoms with van der Waals surface area (Å²) in [6.45, 7) is 2.80. The lowest BCUT2D eigenvalue weighted by Crippen LogP contribution is -2.30. The van der Waals surface area contributed by atoms with Crippen LogP contribution in [0.15, 0.2) is 59.6 Å². The third kappa shape index (κ3) is 4.68. The highest BCUT2D eigenvalue weighted by atomic mass is 16.5. The van der Waals surface area contributed by atoms with E-state index in [2.05, 4.69) is 22.8 Å². The first-order chi connectivity index (χ1) is 16.8. The topological polar surface area (TPSA) is 54.2 Å². The van der Waals surface area contributed by atoms with Crippen LogP contribution in [0.4, 0.5) is 0 Å². The summed E-state index contributed by atoms with van der Waals surface area (Å²) in [6.07, 6.45) is 4.44. The van der Waals surface area contributed by atoms with Crippen molar-refractivity contribution >= 4 is 0 Å². The van der Waals surface area contributed by atoms with Gasteiger partial charge in [0.05, 0.1) is 32.6 Å². The standard InChI is InChI=1S/C28H32N2O4/c1-31-25-11-12-26(32-2)28-23(25)13-14-30-24(28)16-22(34-19-20-8-4-3-5-9-20)17-27(30)29-18-21-10-6-7-15-33-21/h3-5,8-9,11-12,16-17,21H,6-7,10,13-15,18-19H2,1-2H3. The monoisotopic (exact) mass is 460 g/mol. The van der Waals surface area contributed by atoms with Gasteiger partial charge < -0.3 is 23.5 Å². The van der Waals surface area contributed by atoms with Gasteiger partial charge in [-0.15, -0.1) is 0 Å². The van der Waals surface area contributed by atoms with E-state index in [-0.39, 0.29) is 6.10 Å². The van der Waals surface area contributed by atoms with Crippen molar-refractivity contribution in [2.24, 2.45) is 4.99 Å². The highest BCUT2D eigenvalue weighted by molar-refractivity contribution is 5.76. The van der Waals surface area contributed by atoms with Gasteiger partial charge in [-0.05, 0) is 43.4 Å². The van der Waals surface area contributed by atoms with E-state index in [1.807, 2.05) is 36.4 Å². The number of aromatic nitrogens is 1. The molecule has 0 amide bonds. The predicted molar refractivity (Wildman–Crippen MR) is 131 cm³/mol. The Balaban J connectivity index is 1.58. The van der Waals surface area contributed by atoms with Gasteiger partial charge in [0.1, 0.15) is 29.3 Å². The Morgan fingerprint density at radius 3 is 2.59 bits per heavy atom. The fourth-order valence-electron chi connectivity index (χ4n) is 4.85. The first kappa shape index (κ1) is 22.5. The lowest BCUT2D eigenvalue weighted by atomic mass is 9.95. The number of hydrogen-bond acceptors (Lipinski definition) is 5. The lowest BCUT2D eigenvalue weighted by Gasteiger charge is -2.27. The van der Waals surface area contributed by atoms with Crippen molar-refractivity contribution in [1.29, 1.82) is 0 Å². The van der Waals surface area contributed by atoms with Gasteiger partial charge in [0.15, 0.2) is 0 Å². The smallest absolute Gasteiger partial charge is 0.131 e. The Hall–Kier alpha value is -3.25. The Labute approximate surface area is 200 Å². The van der Waals surface area contributed by atoms with Crippen molar-refractivity contribution in [3.8, 4) is 28.5 Å². The van der Waals surface area contributed by atoms with Crippen molar-refractivity contribution < 1.29 is 18.9 Å². The molecule has 2 aromatic carbocycles. The van der Waals surface area contributed by atoms with Crippen LogP contribution in [-0.4, -0.2) is 38.0 Å². The van der Waals surface area contributed by atoms with Gasteiger partial charge in [0, 0.05) is 36.4 Å². The zero-order chi connectivity index (χ0) is 23.3. The average molecular weight is 461 g/mol. The molecule has 0 spiro atoms. The van der Waals surface area contributed by atoms with E-state index in [9.17, 15) is 0 Å². The zero-order valence-electron chi connectivity index (χ0n) is 20.0. The molecule has 1 aromatic heterocycles. The molecular weight excluding hydrogens is 428 g/mol. The Morgan fingerprint density at radius 2 is 1.82 bits per heavy atom. The molecule has 2 aliphatic rings. The van der Waals surface area contributed by atoms with Crippen LogP contribution in [0, 0.1) is 0 Å². The summed E-state index contributed by atoms with van der Waals surface area (Å²) in [6, 6.07) is 18.3. The van der Waals surface area contributed by atoms with Crippen LogP contribution in [0.5, 0.6) is 17.2 Å². The first-order valence-corrected chi connectivity index (χ1v) is 12.0. The van der Waals surface area contributed by atoms with Gasteiger partial charge in [-0.3, -0.25) is 4.99 Å². The average Bonchev–Trinajstić information content (AvgIpc) is 2.90. The van der Waals surface area contributed by atoms with Gasteiger partial charge in [-0.2, -0.15) is 0 Å². The zero-order valence-corrected chi connectivity index (χ0v) is 20.0. The van der Waals surface area contributed by atoms with Gasteiger partial charge in [-0.1, -0.05) is 30.3 Å². The van der Waals surface area contributed by atoms with Crippen molar-refractivity contribution in [2.75, 3.05) is 27.4 Å². The number of benzene rings is 2. The summed E-state index contributed by atoms with van der Waals surface area (Å²) in [4.78, 5) is 5.02. The molecule has 6 heteroatoms. The second-order valence-electron chi connectivity index (χ2n) is 8.76. The molecule has 0 saturated carbocycles. The molecule has 3 heterocycles. The molecule has 3 aromatic rings. The normalized spacial score (nSPS) is 17.6. The maximum Gasteiger partial charge on any atom is 0.131 e. The molecule has 1 unspecified atom stereocenters. The SMILES string of the molecule is COc1ccc(OC)c2c1CCn1c-2cc(OCc2ccccc2)cc1=NCC1CCCCO1. The van der Waals surface area contributed by atoms with Crippen LogP contribution >= 0.6 is 0 Å². The van der Waals surface area contributed by atoms with E-state index in [1.54, 1.807) is 14.2 Å². The molecule has 2 aliphatic heterocycles. The number of pyridine rings is 1. The number of fused-ring (bicyclic) bond motifs is 3. The van der Waals surface area contributed by atoms with E-state index in [0.717, 1.165) is 77.5 Å². The molecule has 0 N–H and O–H groups in total. The third-order valence-electron chi connectivity index (χ3n) is 6.61. The van der Waals surface area contributed by atoms with Crippen molar-refractivity contribution in [1.82, 2.24) is 4.57 Å². The lowest BCUT2D eigenvalue weighted by molar-refractivity contribution is 0.0219. The third-order valence-corrected chi connectivity index (χ3v) is 6.61. The Kier molecular flexibility index (Phi) is 6.86. The van der Waals surface area contributed by atoms with Crippen LogP contribution < -0.4 is 19.7 Å². The minimum atomic E-state index is 0.185. The molecule has 1 atom stereocenters. The summed E-state index contributed by atoms with van der Waals surface area (Å²) in [5.74, 6) is 2.49. The van der Waals surface area contributed by atoms with E-state index in [1.165, 1.54) is 6.42 Å². The number of nitrogens with zero attached hydrogens (tertiary/aromatic N) is 2. The quantitative estimate of drug-likeness (QED) is 0.509. The minimum Gasteiger partial charge on any atom is -0.496 e. The number of methoxy groups -OCH3 is 2. The fourth-order valence-corrected chi connectivity index (χ4v) is 4.85. The Morgan fingerprint density at radius 1 is 1.00 bits per heavy atom. The largest absolute Gasteiger partial charge is 0.496 e. The minimum absolute atomic E-state index is 0.185. The highest BCUT2D eigenvalue weighted by Crippen LogP contribution is 2.42. The molecule has 6 nitrogen and oxygen atoms in total. The molecule has 1 saturated heterocycles. The number of hydrogen-bond donors (Lipinski definition) is 0. The molecular formula is C28H32N2O4. The molecule has 0 radical (unpaired) electrons. The maximum absolute atomic E-state index is 6.26. The molecule has 5 rings (SSSR count). The first-order valence-electron chi connectivity index (χ1n) is 12.0. The van der Waals surface area contributed by atoms with Crippen molar-refractivity contribution in [3.63, 3.8) is 0 Å². The van der Waals surface area contributed by atoms with E-state index >= 15 is 0 Å². The van der Waals surface area contributed by atoms with Crippen LogP contribution in [0.2, 0.25) is 0 Å². The summed E-state index contributed by atoms with van der Waals surface area (Å²) < 4.78 is 25.9. The van der Waals surface area contributed by atoms with Crippen LogP contribution in [-0.2, 0) is 24.3 Å². The molecule has 0 bridgehead atoms.